The number of amides is 1. The van der Waals surface area contributed by atoms with Gasteiger partial charge in [0.25, 0.3) is 5.91 Å². The Bertz CT molecular complexity index is 948. The largest absolute Gasteiger partial charge is 0.497 e. The van der Waals surface area contributed by atoms with Gasteiger partial charge in [0.1, 0.15) is 5.75 Å². The molecule has 1 amide bonds. The number of anilines is 1. The maximum atomic E-state index is 13.1. The van der Waals surface area contributed by atoms with E-state index in [9.17, 15) is 4.79 Å². The van der Waals surface area contributed by atoms with E-state index in [0.717, 1.165) is 60.4 Å². The van der Waals surface area contributed by atoms with E-state index in [1.165, 1.54) is 44.1 Å². The zero-order chi connectivity index (χ0) is 23.5. The number of ether oxygens (including phenoxy) is 1. The number of benzene rings is 2. The zero-order valence-corrected chi connectivity index (χ0v) is 20.8. The molecule has 4 heteroatoms. The topological polar surface area (TPSA) is 50.4 Å². The molecule has 1 atom stereocenters. The summed E-state index contributed by atoms with van der Waals surface area (Å²) in [4.78, 5) is 13.1. The number of rotatable bonds is 10. The molecule has 0 aromatic heterocycles. The Labute approximate surface area is 204 Å². The first-order valence-corrected chi connectivity index (χ1v) is 13.4. The predicted molar refractivity (Wildman–Crippen MR) is 138 cm³/mol. The smallest absolute Gasteiger partial charge is 0.251 e. The van der Waals surface area contributed by atoms with Crippen molar-refractivity contribution in [1.82, 2.24) is 5.32 Å². The highest BCUT2D eigenvalue weighted by atomic mass is 16.5. The highest BCUT2D eigenvalue weighted by molar-refractivity contribution is 5.94. The molecule has 0 saturated heterocycles. The van der Waals surface area contributed by atoms with E-state index in [2.05, 4.69) is 41.8 Å². The van der Waals surface area contributed by atoms with E-state index in [1.54, 1.807) is 7.11 Å². The molecular formula is C30H40N2O2. The molecule has 0 unspecified atom stereocenters. The van der Waals surface area contributed by atoms with E-state index in [4.69, 9.17) is 4.74 Å². The van der Waals surface area contributed by atoms with Crippen LogP contribution >= 0.6 is 0 Å². The summed E-state index contributed by atoms with van der Waals surface area (Å²) in [5.41, 5.74) is 3.39. The van der Waals surface area contributed by atoms with Gasteiger partial charge in [-0.15, -0.1) is 0 Å². The van der Waals surface area contributed by atoms with Crippen molar-refractivity contribution in [1.29, 1.82) is 0 Å². The Kier molecular flexibility index (Phi) is 6.85. The molecule has 2 aromatic rings. The molecule has 0 spiro atoms. The van der Waals surface area contributed by atoms with Gasteiger partial charge in [0.15, 0.2) is 0 Å². The summed E-state index contributed by atoms with van der Waals surface area (Å²) in [6, 6.07) is 16.5. The molecule has 4 nitrogen and oxygen atoms in total. The van der Waals surface area contributed by atoms with E-state index in [0.29, 0.717) is 5.54 Å². The van der Waals surface area contributed by atoms with Crippen molar-refractivity contribution in [2.45, 2.75) is 82.7 Å². The maximum Gasteiger partial charge on any atom is 0.251 e. The van der Waals surface area contributed by atoms with Gasteiger partial charge in [-0.05, 0) is 111 Å². The summed E-state index contributed by atoms with van der Waals surface area (Å²) in [7, 11) is 1.69. The fourth-order valence-electron chi connectivity index (χ4n) is 7.30. The average Bonchev–Trinajstić information content (AvgIpc) is 2.82. The number of carbonyl (C=O) groups excluding carboxylic acids is 1. The first-order valence-electron chi connectivity index (χ1n) is 13.4. The molecular weight excluding hydrogens is 420 g/mol. The van der Waals surface area contributed by atoms with Crippen LogP contribution in [0.1, 0.15) is 80.6 Å². The first kappa shape index (κ1) is 23.3. The van der Waals surface area contributed by atoms with E-state index >= 15 is 0 Å². The number of methoxy groups -OCH3 is 1. The molecule has 4 fully saturated rings. The number of hydrogen-bond acceptors (Lipinski definition) is 3. The second-order valence-corrected chi connectivity index (χ2v) is 11.3. The quantitative estimate of drug-likeness (QED) is 0.420. The van der Waals surface area contributed by atoms with Crippen LogP contribution in [0.5, 0.6) is 5.75 Å². The number of hydrogen-bond donors (Lipinski definition) is 2. The van der Waals surface area contributed by atoms with Gasteiger partial charge in [-0.25, -0.2) is 0 Å². The van der Waals surface area contributed by atoms with E-state index in [-0.39, 0.29) is 11.9 Å². The van der Waals surface area contributed by atoms with Crippen molar-refractivity contribution >= 4 is 11.6 Å². The lowest BCUT2D eigenvalue weighted by atomic mass is 9.53. The monoisotopic (exact) mass is 460 g/mol. The van der Waals surface area contributed by atoms with Crippen molar-refractivity contribution < 1.29 is 9.53 Å². The van der Waals surface area contributed by atoms with Crippen LogP contribution in [0.3, 0.4) is 0 Å². The number of nitrogens with one attached hydrogen (secondary N) is 2. The zero-order valence-electron chi connectivity index (χ0n) is 20.8. The van der Waals surface area contributed by atoms with Gasteiger partial charge in [-0.3, -0.25) is 4.79 Å². The van der Waals surface area contributed by atoms with Gasteiger partial charge in [-0.2, -0.15) is 0 Å². The SMILES string of the molecule is CCCC[C@@H](Cc1cccc(OC)c1)NC(=O)c1ccc(NC23CC4CC(CC(C4)C2)C3)cc1. The van der Waals surface area contributed by atoms with Crippen LogP contribution in [0, 0.1) is 17.8 Å². The number of carbonyl (C=O) groups is 1. The van der Waals surface area contributed by atoms with Crippen molar-refractivity contribution in [2.24, 2.45) is 17.8 Å². The van der Waals surface area contributed by atoms with Gasteiger partial charge >= 0.3 is 0 Å². The number of unbranched alkanes of at least 4 members (excludes halogenated alkanes) is 1. The second-order valence-electron chi connectivity index (χ2n) is 11.3. The van der Waals surface area contributed by atoms with Crippen molar-refractivity contribution in [3.63, 3.8) is 0 Å². The van der Waals surface area contributed by atoms with Crippen molar-refractivity contribution in [3.05, 3.63) is 59.7 Å². The Morgan fingerprint density at radius 2 is 1.71 bits per heavy atom. The van der Waals surface area contributed by atoms with Crippen LogP contribution in [0.15, 0.2) is 48.5 Å². The Morgan fingerprint density at radius 1 is 1.03 bits per heavy atom. The van der Waals surface area contributed by atoms with Crippen LogP contribution in [-0.2, 0) is 6.42 Å². The van der Waals surface area contributed by atoms with E-state index < -0.39 is 0 Å². The summed E-state index contributed by atoms with van der Waals surface area (Å²) in [6.07, 6.45) is 12.3. The molecule has 4 aliphatic carbocycles. The highest BCUT2D eigenvalue weighted by Gasteiger charge is 2.50. The molecule has 0 aliphatic heterocycles. The Balaban J connectivity index is 1.22. The minimum atomic E-state index is 0.0188. The van der Waals surface area contributed by atoms with Crippen LogP contribution in [0.4, 0.5) is 5.69 Å². The van der Waals surface area contributed by atoms with Crippen LogP contribution in [0.2, 0.25) is 0 Å². The first-order chi connectivity index (χ1) is 16.5. The molecule has 2 aromatic carbocycles. The molecule has 2 N–H and O–H groups in total. The average molecular weight is 461 g/mol. The molecule has 0 radical (unpaired) electrons. The molecule has 34 heavy (non-hydrogen) atoms. The third-order valence-electron chi connectivity index (χ3n) is 8.45. The Morgan fingerprint density at radius 3 is 2.32 bits per heavy atom. The van der Waals surface area contributed by atoms with Crippen LogP contribution in [-0.4, -0.2) is 24.6 Å². The van der Waals surface area contributed by atoms with Gasteiger partial charge in [0.05, 0.1) is 7.11 Å². The van der Waals surface area contributed by atoms with Crippen LogP contribution in [0.25, 0.3) is 0 Å². The lowest BCUT2D eigenvalue weighted by molar-refractivity contribution is 0.0107. The third kappa shape index (κ3) is 5.26. The molecule has 4 bridgehead atoms. The second kappa shape index (κ2) is 10.0. The molecule has 4 saturated carbocycles. The van der Waals surface area contributed by atoms with E-state index in [1.807, 2.05) is 24.3 Å². The maximum absolute atomic E-state index is 13.1. The van der Waals surface area contributed by atoms with Gasteiger partial charge in [-0.1, -0.05) is 31.9 Å². The van der Waals surface area contributed by atoms with Gasteiger partial charge < -0.3 is 15.4 Å². The lowest BCUT2D eigenvalue weighted by Crippen LogP contribution is -2.54. The summed E-state index contributed by atoms with van der Waals surface area (Å²) in [5, 5.41) is 7.22. The molecule has 182 valence electrons. The fourth-order valence-corrected chi connectivity index (χ4v) is 7.30. The normalized spacial score (nSPS) is 27.9. The minimum absolute atomic E-state index is 0.0188. The highest BCUT2D eigenvalue weighted by Crippen LogP contribution is 2.56. The summed E-state index contributed by atoms with van der Waals surface area (Å²) < 4.78 is 5.37. The molecule has 6 rings (SSSR count). The minimum Gasteiger partial charge on any atom is -0.497 e. The standard InChI is InChI=1S/C30H40N2O2/c1-3-4-7-27(16-21-6-5-8-28(17-21)34-2)31-29(33)25-9-11-26(12-10-25)32-30-18-22-13-23(19-30)15-24(14-22)20-30/h5-6,8-12,17,22-24,27,32H,3-4,7,13-16,18-20H2,1-2H3,(H,31,33)/t22?,23?,24?,27-,30?/m0/s1. The van der Waals surface area contributed by atoms with Crippen molar-refractivity contribution in [3.8, 4) is 5.75 Å². The van der Waals surface area contributed by atoms with Gasteiger partial charge in [0.2, 0.25) is 0 Å². The lowest BCUT2D eigenvalue weighted by Gasteiger charge is -2.57. The van der Waals surface area contributed by atoms with Crippen molar-refractivity contribution in [2.75, 3.05) is 12.4 Å². The summed E-state index contributed by atoms with van der Waals surface area (Å²) in [5.74, 6) is 3.65. The Hall–Kier alpha value is -2.49. The third-order valence-corrected chi connectivity index (χ3v) is 8.45. The molecule has 0 heterocycles. The summed E-state index contributed by atoms with van der Waals surface area (Å²) in [6.45, 7) is 2.19. The van der Waals surface area contributed by atoms with Gasteiger partial charge in [0, 0.05) is 22.8 Å². The fraction of sp³-hybridized carbons (Fsp3) is 0.567. The molecule has 4 aliphatic rings. The summed E-state index contributed by atoms with van der Waals surface area (Å²) >= 11 is 0. The predicted octanol–water partition coefficient (Wildman–Crippen LogP) is 6.61. The van der Waals surface area contributed by atoms with Crippen LogP contribution < -0.4 is 15.4 Å².